The first-order chi connectivity index (χ1) is 10.2. The van der Waals surface area contributed by atoms with Gasteiger partial charge in [0.25, 0.3) is 0 Å². The minimum absolute atomic E-state index is 0.00219. The Hall–Kier alpha value is -1.93. The van der Waals surface area contributed by atoms with Gasteiger partial charge in [-0.1, -0.05) is 74.5 Å². The lowest BCUT2D eigenvalue weighted by Gasteiger charge is -2.39. The minimum atomic E-state index is 0.00219. The molecule has 1 heterocycles. The molecule has 0 spiro atoms. The maximum absolute atomic E-state index is 12.7. The fourth-order valence-corrected chi connectivity index (χ4v) is 3.32. The van der Waals surface area contributed by atoms with Crippen molar-refractivity contribution in [3.05, 3.63) is 71.8 Å². The van der Waals surface area contributed by atoms with Gasteiger partial charge in [-0.25, -0.2) is 0 Å². The first kappa shape index (κ1) is 14.0. The molecular weight excluding hydrogens is 258 g/mol. The second-order valence-corrected chi connectivity index (χ2v) is 5.92. The predicted molar refractivity (Wildman–Crippen MR) is 84.8 cm³/mol. The molecule has 1 N–H and O–H groups in total. The molecule has 0 radical (unpaired) electrons. The lowest BCUT2D eigenvalue weighted by atomic mass is 9.76. The monoisotopic (exact) mass is 279 g/mol. The molecule has 0 unspecified atom stereocenters. The quantitative estimate of drug-likeness (QED) is 0.903. The van der Waals surface area contributed by atoms with Crippen LogP contribution < -0.4 is 5.32 Å². The molecule has 2 aromatic rings. The van der Waals surface area contributed by atoms with E-state index in [0.29, 0.717) is 5.78 Å². The van der Waals surface area contributed by atoms with Gasteiger partial charge in [-0.15, -0.1) is 0 Å². The Kier molecular flexibility index (Phi) is 3.89. The van der Waals surface area contributed by atoms with E-state index in [1.165, 1.54) is 11.1 Å². The summed E-state index contributed by atoms with van der Waals surface area (Å²) in [4.78, 5) is 12.7. The molecule has 1 aliphatic rings. The highest BCUT2D eigenvalue weighted by molar-refractivity contribution is 5.85. The number of hydrogen-bond donors (Lipinski definition) is 1. The van der Waals surface area contributed by atoms with Crippen LogP contribution in [0.25, 0.3) is 0 Å². The van der Waals surface area contributed by atoms with Crippen LogP contribution in [0.4, 0.5) is 0 Å². The van der Waals surface area contributed by atoms with Gasteiger partial charge in [0, 0.05) is 23.9 Å². The maximum Gasteiger partial charge on any atom is 0.142 e. The highest BCUT2D eigenvalue weighted by Gasteiger charge is 2.39. The Bertz CT molecular complexity index is 554. The van der Waals surface area contributed by atoms with Crippen LogP contribution in [0.5, 0.6) is 0 Å². The van der Waals surface area contributed by atoms with Crippen LogP contribution in [0.1, 0.15) is 37.1 Å². The second kappa shape index (κ2) is 5.82. The molecule has 21 heavy (non-hydrogen) atoms. The van der Waals surface area contributed by atoms with Crippen LogP contribution >= 0.6 is 0 Å². The van der Waals surface area contributed by atoms with Crippen molar-refractivity contribution in [2.75, 3.05) is 0 Å². The Morgan fingerprint density at radius 3 is 1.48 bits per heavy atom. The topological polar surface area (TPSA) is 29.1 Å². The number of ketones is 1. The molecule has 108 valence electrons. The number of Topliss-reactive ketones (excluding diaryl/α,β-unsaturated/α-hetero) is 1. The molecule has 2 aromatic carbocycles. The SMILES string of the molecule is C[C@@H]1C(=O)[C@@H](C)[C@H](c2ccccc2)N[C@@H]1c1ccccc1. The summed E-state index contributed by atoms with van der Waals surface area (Å²) in [5.74, 6) is 0.348. The van der Waals surface area contributed by atoms with E-state index in [4.69, 9.17) is 0 Å². The Morgan fingerprint density at radius 1 is 0.714 bits per heavy atom. The maximum atomic E-state index is 12.7. The van der Waals surface area contributed by atoms with Crippen LogP contribution in [0, 0.1) is 11.8 Å². The van der Waals surface area contributed by atoms with Crippen LogP contribution in [0.15, 0.2) is 60.7 Å². The fraction of sp³-hybridized carbons (Fsp3) is 0.316. The largest absolute Gasteiger partial charge is 0.302 e. The number of hydrogen-bond acceptors (Lipinski definition) is 2. The summed E-state index contributed by atoms with van der Waals surface area (Å²) in [5, 5.41) is 3.70. The van der Waals surface area contributed by atoms with Gasteiger partial charge in [-0.3, -0.25) is 4.79 Å². The molecule has 3 rings (SSSR count). The zero-order chi connectivity index (χ0) is 14.8. The molecule has 4 atom stereocenters. The Balaban J connectivity index is 1.95. The Morgan fingerprint density at radius 2 is 1.10 bits per heavy atom. The number of carbonyl (C=O) groups excluding carboxylic acids is 1. The number of piperidine rings is 1. The third-order valence-electron chi connectivity index (χ3n) is 4.57. The summed E-state index contributed by atoms with van der Waals surface area (Å²) in [7, 11) is 0. The summed E-state index contributed by atoms with van der Waals surface area (Å²) >= 11 is 0. The summed E-state index contributed by atoms with van der Waals surface area (Å²) < 4.78 is 0. The summed E-state index contributed by atoms with van der Waals surface area (Å²) in [6.45, 7) is 4.06. The lowest BCUT2D eigenvalue weighted by molar-refractivity contribution is -0.130. The molecule has 0 aromatic heterocycles. The molecule has 1 fully saturated rings. The van der Waals surface area contributed by atoms with E-state index in [1.807, 2.05) is 50.2 Å². The van der Waals surface area contributed by atoms with Gasteiger partial charge in [0.15, 0.2) is 0 Å². The van der Waals surface area contributed by atoms with E-state index >= 15 is 0 Å². The fourth-order valence-electron chi connectivity index (χ4n) is 3.32. The van der Waals surface area contributed by atoms with Gasteiger partial charge in [0.05, 0.1) is 0 Å². The van der Waals surface area contributed by atoms with E-state index in [9.17, 15) is 4.79 Å². The summed E-state index contributed by atoms with van der Waals surface area (Å²) in [5.41, 5.74) is 2.37. The number of nitrogens with one attached hydrogen (secondary N) is 1. The van der Waals surface area contributed by atoms with Crippen molar-refractivity contribution in [2.24, 2.45) is 11.8 Å². The molecule has 2 heteroatoms. The second-order valence-electron chi connectivity index (χ2n) is 5.92. The normalized spacial score (nSPS) is 29.3. The number of carbonyl (C=O) groups is 1. The number of benzene rings is 2. The van der Waals surface area contributed by atoms with Gasteiger partial charge in [-0.05, 0) is 11.1 Å². The smallest absolute Gasteiger partial charge is 0.142 e. The molecule has 0 amide bonds. The molecular formula is C19H21NO. The lowest BCUT2D eigenvalue weighted by Crippen LogP contribution is -2.46. The Labute approximate surface area is 126 Å². The van der Waals surface area contributed by atoms with Crippen molar-refractivity contribution in [3.63, 3.8) is 0 Å². The molecule has 1 aliphatic heterocycles. The number of rotatable bonds is 2. The molecule has 0 saturated carbocycles. The zero-order valence-electron chi connectivity index (χ0n) is 12.5. The molecule has 0 aliphatic carbocycles. The third-order valence-corrected chi connectivity index (χ3v) is 4.57. The first-order valence-corrected chi connectivity index (χ1v) is 7.58. The highest BCUT2D eigenvalue weighted by Crippen LogP contribution is 2.37. The van der Waals surface area contributed by atoms with Gasteiger partial charge < -0.3 is 5.32 Å². The van der Waals surface area contributed by atoms with E-state index in [-0.39, 0.29) is 23.9 Å². The average molecular weight is 279 g/mol. The minimum Gasteiger partial charge on any atom is -0.302 e. The van der Waals surface area contributed by atoms with Crippen LogP contribution in [0.2, 0.25) is 0 Å². The molecule has 2 nitrogen and oxygen atoms in total. The van der Waals surface area contributed by atoms with E-state index in [2.05, 4.69) is 29.6 Å². The summed E-state index contributed by atoms with van der Waals surface area (Å²) in [6.07, 6.45) is 0. The summed E-state index contributed by atoms with van der Waals surface area (Å²) in [6, 6.07) is 20.7. The average Bonchev–Trinajstić information content (AvgIpc) is 2.55. The standard InChI is InChI=1S/C19H21NO/c1-13-17(15-9-5-3-6-10-15)20-18(14(2)19(13)21)16-11-7-4-8-12-16/h3-14,17-18,20H,1-2H3/t13-,14-,17-,18+/m0/s1. The van der Waals surface area contributed by atoms with Crippen molar-refractivity contribution in [2.45, 2.75) is 25.9 Å². The van der Waals surface area contributed by atoms with E-state index < -0.39 is 0 Å². The van der Waals surface area contributed by atoms with Gasteiger partial charge in [0.2, 0.25) is 0 Å². The van der Waals surface area contributed by atoms with Crippen molar-refractivity contribution < 1.29 is 4.79 Å². The van der Waals surface area contributed by atoms with Gasteiger partial charge in [0.1, 0.15) is 5.78 Å². The first-order valence-electron chi connectivity index (χ1n) is 7.58. The third kappa shape index (κ3) is 2.64. The zero-order valence-corrected chi connectivity index (χ0v) is 12.5. The van der Waals surface area contributed by atoms with Crippen molar-refractivity contribution in [3.8, 4) is 0 Å². The van der Waals surface area contributed by atoms with Crippen LogP contribution in [0.3, 0.4) is 0 Å². The molecule has 0 bridgehead atoms. The van der Waals surface area contributed by atoms with E-state index in [0.717, 1.165) is 0 Å². The molecule has 1 saturated heterocycles. The van der Waals surface area contributed by atoms with Crippen molar-refractivity contribution in [1.29, 1.82) is 0 Å². The highest BCUT2D eigenvalue weighted by atomic mass is 16.1. The van der Waals surface area contributed by atoms with Gasteiger partial charge in [-0.2, -0.15) is 0 Å². The van der Waals surface area contributed by atoms with Crippen molar-refractivity contribution in [1.82, 2.24) is 5.32 Å². The predicted octanol–water partition coefficient (Wildman–Crippen LogP) is 3.91. The van der Waals surface area contributed by atoms with Crippen molar-refractivity contribution >= 4 is 5.78 Å². The van der Waals surface area contributed by atoms with Crippen LogP contribution in [-0.4, -0.2) is 5.78 Å². The van der Waals surface area contributed by atoms with Crippen LogP contribution in [-0.2, 0) is 4.79 Å². The van der Waals surface area contributed by atoms with E-state index in [1.54, 1.807) is 0 Å². The van der Waals surface area contributed by atoms with Gasteiger partial charge >= 0.3 is 0 Å².